The summed E-state index contributed by atoms with van der Waals surface area (Å²) in [5, 5.41) is 0. The number of hydrogen-bond acceptors (Lipinski definition) is 3. The van der Waals surface area contributed by atoms with Gasteiger partial charge in [-0.3, -0.25) is 4.90 Å². The third-order valence-electron chi connectivity index (χ3n) is 3.68. The third kappa shape index (κ3) is 5.84. The molecule has 3 nitrogen and oxygen atoms in total. The molecule has 17 heavy (non-hydrogen) atoms. The number of nitrogens with zero attached hydrogens (tertiary/aromatic N) is 1. The molecular weight excluding hydrogens is 212 g/mol. The van der Waals surface area contributed by atoms with Crippen LogP contribution in [0, 0.1) is 5.92 Å². The van der Waals surface area contributed by atoms with Gasteiger partial charge in [-0.2, -0.15) is 0 Å². The lowest BCUT2D eigenvalue weighted by Crippen LogP contribution is -2.50. The summed E-state index contributed by atoms with van der Waals surface area (Å²) < 4.78 is 5.27. The fraction of sp³-hybridized carbons (Fsp3) is 1.00. The highest BCUT2D eigenvalue weighted by molar-refractivity contribution is 4.81. The Morgan fingerprint density at radius 2 is 1.88 bits per heavy atom. The summed E-state index contributed by atoms with van der Waals surface area (Å²) in [6.07, 6.45) is 3.67. The minimum absolute atomic E-state index is 0.441. The summed E-state index contributed by atoms with van der Waals surface area (Å²) in [5.41, 5.74) is 5.97. The van der Waals surface area contributed by atoms with E-state index < -0.39 is 0 Å². The predicted molar refractivity (Wildman–Crippen MR) is 75.2 cm³/mol. The van der Waals surface area contributed by atoms with E-state index in [2.05, 4.69) is 32.6 Å². The van der Waals surface area contributed by atoms with E-state index in [0.29, 0.717) is 18.0 Å². The van der Waals surface area contributed by atoms with Crippen molar-refractivity contribution in [3.05, 3.63) is 0 Å². The fourth-order valence-corrected chi connectivity index (χ4v) is 2.36. The van der Waals surface area contributed by atoms with Crippen molar-refractivity contribution in [3.8, 4) is 0 Å². The molecule has 0 aliphatic carbocycles. The summed E-state index contributed by atoms with van der Waals surface area (Å²) >= 11 is 0. The zero-order valence-electron chi connectivity index (χ0n) is 12.4. The van der Waals surface area contributed by atoms with Gasteiger partial charge in [-0.05, 0) is 32.2 Å². The number of hydrogen-bond donors (Lipinski definition) is 1. The molecule has 0 aromatic rings. The SMILES string of the molecule is CCCCN(C(C)CC)C(CN)C(C)COC. The van der Waals surface area contributed by atoms with Crippen LogP contribution in [0.3, 0.4) is 0 Å². The molecule has 0 spiro atoms. The number of unbranched alkanes of at least 4 members (excludes halogenated alkanes) is 1. The van der Waals surface area contributed by atoms with E-state index in [1.54, 1.807) is 7.11 Å². The summed E-state index contributed by atoms with van der Waals surface area (Å²) in [4.78, 5) is 2.58. The molecule has 0 heterocycles. The molecule has 0 aromatic carbocycles. The largest absolute Gasteiger partial charge is 0.384 e. The molecule has 0 aliphatic rings. The highest BCUT2D eigenvalue weighted by Gasteiger charge is 2.25. The van der Waals surface area contributed by atoms with Gasteiger partial charge in [-0.25, -0.2) is 0 Å². The molecule has 2 N–H and O–H groups in total. The van der Waals surface area contributed by atoms with Gasteiger partial charge in [0.05, 0.1) is 6.61 Å². The summed E-state index contributed by atoms with van der Waals surface area (Å²) in [6.45, 7) is 11.7. The van der Waals surface area contributed by atoms with Gasteiger partial charge in [0.15, 0.2) is 0 Å². The van der Waals surface area contributed by atoms with Crippen molar-refractivity contribution in [3.63, 3.8) is 0 Å². The van der Waals surface area contributed by atoms with Crippen LogP contribution in [0.5, 0.6) is 0 Å². The van der Waals surface area contributed by atoms with Crippen molar-refractivity contribution < 1.29 is 4.74 Å². The molecule has 0 saturated heterocycles. The Balaban J connectivity index is 4.58. The highest BCUT2D eigenvalue weighted by atomic mass is 16.5. The Morgan fingerprint density at radius 1 is 1.24 bits per heavy atom. The average Bonchev–Trinajstić information content (AvgIpc) is 2.33. The summed E-state index contributed by atoms with van der Waals surface area (Å²) in [7, 11) is 1.77. The Bertz CT molecular complexity index is 176. The average molecular weight is 244 g/mol. The second-order valence-corrected chi connectivity index (χ2v) is 5.08. The second-order valence-electron chi connectivity index (χ2n) is 5.08. The van der Waals surface area contributed by atoms with Crippen LogP contribution in [0.15, 0.2) is 0 Å². The van der Waals surface area contributed by atoms with E-state index in [-0.39, 0.29) is 0 Å². The van der Waals surface area contributed by atoms with Gasteiger partial charge in [-0.1, -0.05) is 27.2 Å². The minimum Gasteiger partial charge on any atom is -0.384 e. The number of ether oxygens (including phenoxy) is 1. The second kappa shape index (κ2) is 9.86. The van der Waals surface area contributed by atoms with E-state index >= 15 is 0 Å². The maximum Gasteiger partial charge on any atom is 0.0503 e. The minimum atomic E-state index is 0.441. The van der Waals surface area contributed by atoms with Gasteiger partial charge in [-0.15, -0.1) is 0 Å². The van der Waals surface area contributed by atoms with Gasteiger partial charge >= 0.3 is 0 Å². The lowest BCUT2D eigenvalue weighted by Gasteiger charge is -2.38. The van der Waals surface area contributed by atoms with Crippen LogP contribution >= 0.6 is 0 Å². The zero-order chi connectivity index (χ0) is 13.3. The molecule has 0 saturated carbocycles. The van der Waals surface area contributed by atoms with E-state index in [1.165, 1.54) is 19.3 Å². The van der Waals surface area contributed by atoms with Crippen LogP contribution in [0.2, 0.25) is 0 Å². The fourth-order valence-electron chi connectivity index (χ4n) is 2.36. The Morgan fingerprint density at radius 3 is 2.29 bits per heavy atom. The van der Waals surface area contributed by atoms with Crippen molar-refractivity contribution in [2.75, 3.05) is 26.8 Å². The van der Waals surface area contributed by atoms with E-state index in [9.17, 15) is 0 Å². The third-order valence-corrected chi connectivity index (χ3v) is 3.68. The zero-order valence-corrected chi connectivity index (χ0v) is 12.4. The topological polar surface area (TPSA) is 38.5 Å². The lowest BCUT2D eigenvalue weighted by molar-refractivity contribution is 0.0604. The van der Waals surface area contributed by atoms with Crippen LogP contribution in [-0.2, 0) is 4.74 Å². The van der Waals surface area contributed by atoms with Gasteiger partial charge in [0, 0.05) is 25.7 Å². The van der Waals surface area contributed by atoms with Gasteiger partial charge < -0.3 is 10.5 Å². The number of methoxy groups -OCH3 is 1. The van der Waals surface area contributed by atoms with E-state index in [1.807, 2.05) is 0 Å². The first kappa shape index (κ1) is 16.9. The molecule has 0 rings (SSSR count). The Hall–Kier alpha value is -0.120. The maximum atomic E-state index is 5.97. The van der Waals surface area contributed by atoms with Crippen molar-refractivity contribution >= 4 is 0 Å². The maximum absolute atomic E-state index is 5.97. The Labute approximate surface area is 108 Å². The van der Waals surface area contributed by atoms with Gasteiger partial charge in [0.1, 0.15) is 0 Å². The monoisotopic (exact) mass is 244 g/mol. The number of nitrogens with two attached hydrogens (primary N) is 1. The van der Waals surface area contributed by atoms with Crippen molar-refractivity contribution in [1.29, 1.82) is 0 Å². The van der Waals surface area contributed by atoms with Crippen LogP contribution in [0.1, 0.15) is 47.0 Å². The first-order valence-corrected chi connectivity index (χ1v) is 7.06. The molecule has 3 unspecified atom stereocenters. The number of rotatable bonds is 10. The van der Waals surface area contributed by atoms with Crippen LogP contribution in [0.4, 0.5) is 0 Å². The quantitative estimate of drug-likeness (QED) is 0.642. The van der Waals surface area contributed by atoms with Crippen LogP contribution in [0.25, 0.3) is 0 Å². The highest BCUT2D eigenvalue weighted by Crippen LogP contribution is 2.17. The molecule has 0 aromatic heterocycles. The van der Waals surface area contributed by atoms with E-state index in [0.717, 1.165) is 19.7 Å². The lowest BCUT2D eigenvalue weighted by atomic mass is 9.98. The summed E-state index contributed by atoms with van der Waals surface area (Å²) in [6, 6.07) is 1.05. The standard InChI is InChI=1S/C14H32N2O/c1-6-8-9-16(13(4)7-2)14(10-15)12(3)11-17-5/h12-14H,6-11,15H2,1-5H3. The smallest absolute Gasteiger partial charge is 0.0503 e. The van der Waals surface area contributed by atoms with Crippen LogP contribution in [-0.4, -0.2) is 43.8 Å². The molecule has 3 atom stereocenters. The molecule has 0 aliphatic heterocycles. The molecular formula is C14H32N2O. The molecule has 0 fully saturated rings. The molecule has 0 amide bonds. The molecule has 3 heteroatoms. The van der Waals surface area contributed by atoms with Crippen molar-refractivity contribution in [1.82, 2.24) is 4.90 Å². The van der Waals surface area contributed by atoms with Crippen molar-refractivity contribution in [2.45, 2.75) is 59.0 Å². The first-order chi connectivity index (χ1) is 8.12. The van der Waals surface area contributed by atoms with Crippen molar-refractivity contribution in [2.24, 2.45) is 11.7 Å². The van der Waals surface area contributed by atoms with Crippen LogP contribution < -0.4 is 5.73 Å². The molecule has 0 bridgehead atoms. The normalized spacial score (nSPS) is 17.1. The first-order valence-electron chi connectivity index (χ1n) is 7.06. The Kier molecular flexibility index (Phi) is 9.79. The van der Waals surface area contributed by atoms with Gasteiger partial charge in [0.2, 0.25) is 0 Å². The predicted octanol–water partition coefficient (Wildman–Crippen LogP) is 2.50. The van der Waals surface area contributed by atoms with Gasteiger partial charge in [0.25, 0.3) is 0 Å². The summed E-state index contributed by atoms with van der Waals surface area (Å²) in [5.74, 6) is 0.496. The molecule has 104 valence electrons. The molecule has 0 radical (unpaired) electrons. The van der Waals surface area contributed by atoms with E-state index in [4.69, 9.17) is 10.5 Å².